The van der Waals surface area contributed by atoms with E-state index < -0.39 is 0 Å². The molecule has 0 saturated carbocycles. The lowest BCUT2D eigenvalue weighted by atomic mass is 9.98. The van der Waals surface area contributed by atoms with Crippen LogP contribution in [-0.4, -0.2) is 37.5 Å². The highest BCUT2D eigenvalue weighted by Gasteiger charge is 2.31. The summed E-state index contributed by atoms with van der Waals surface area (Å²) in [6.07, 6.45) is 1.12. The molecule has 2 aromatic rings. The summed E-state index contributed by atoms with van der Waals surface area (Å²) in [5.41, 5.74) is 5.54. The van der Waals surface area contributed by atoms with Gasteiger partial charge in [-0.15, -0.1) is 0 Å². The molecule has 4 heteroatoms. The zero-order valence-corrected chi connectivity index (χ0v) is 14.7. The van der Waals surface area contributed by atoms with Crippen molar-refractivity contribution in [3.05, 3.63) is 65.2 Å². The molecule has 4 rings (SSSR count). The summed E-state index contributed by atoms with van der Waals surface area (Å²) in [6, 6.07) is 17.7. The van der Waals surface area contributed by atoms with Crippen LogP contribution in [0.15, 0.2) is 48.5 Å². The minimum atomic E-state index is 0.164. The van der Waals surface area contributed by atoms with Gasteiger partial charge in [0.05, 0.1) is 5.92 Å². The Morgan fingerprint density at radius 1 is 1.08 bits per heavy atom. The van der Waals surface area contributed by atoms with Gasteiger partial charge in [0.2, 0.25) is 5.91 Å². The fraction of sp³-hybridized carbons (Fsp3) is 0.381. The molecule has 2 aliphatic heterocycles. The number of benzene rings is 2. The van der Waals surface area contributed by atoms with Crippen molar-refractivity contribution in [1.29, 1.82) is 0 Å². The molecule has 1 amide bonds. The Kier molecular flexibility index (Phi) is 4.45. The second-order valence-corrected chi connectivity index (χ2v) is 7.11. The monoisotopic (exact) mass is 335 g/mol. The van der Waals surface area contributed by atoms with Gasteiger partial charge < -0.3 is 10.2 Å². The fourth-order valence-electron chi connectivity index (χ4n) is 3.86. The van der Waals surface area contributed by atoms with E-state index in [0.717, 1.165) is 39.1 Å². The molecule has 4 nitrogen and oxygen atoms in total. The van der Waals surface area contributed by atoms with E-state index in [1.54, 1.807) is 7.05 Å². The first kappa shape index (κ1) is 16.2. The molecule has 1 fully saturated rings. The number of nitrogens with one attached hydrogen (secondary N) is 1. The maximum Gasteiger partial charge on any atom is 0.225 e. The van der Waals surface area contributed by atoms with Crippen LogP contribution in [0, 0.1) is 5.92 Å². The molecule has 0 aromatic heterocycles. The predicted octanol–water partition coefficient (Wildman–Crippen LogP) is 2.43. The highest BCUT2D eigenvalue weighted by Crippen LogP contribution is 2.25. The van der Waals surface area contributed by atoms with Crippen LogP contribution in [0.1, 0.15) is 16.7 Å². The highest BCUT2D eigenvalue weighted by atomic mass is 16.1. The molecule has 2 aromatic carbocycles. The summed E-state index contributed by atoms with van der Waals surface area (Å²) in [7, 11) is 1.71. The quantitative estimate of drug-likeness (QED) is 0.932. The number of hydrogen-bond donors (Lipinski definition) is 1. The van der Waals surface area contributed by atoms with Gasteiger partial charge in [0.1, 0.15) is 0 Å². The van der Waals surface area contributed by atoms with Crippen molar-refractivity contribution < 1.29 is 4.79 Å². The summed E-state index contributed by atoms with van der Waals surface area (Å²) in [5, 5.41) is 2.73. The first-order valence-electron chi connectivity index (χ1n) is 9.07. The lowest BCUT2D eigenvalue weighted by molar-refractivity contribution is -0.129. The Bertz CT molecular complexity index is 750. The maximum absolute atomic E-state index is 11.6. The summed E-state index contributed by atoms with van der Waals surface area (Å²) in [6.45, 7) is 4.73. The van der Waals surface area contributed by atoms with Crippen molar-refractivity contribution in [3.63, 3.8) is 0 Å². The van der Waals surface area contributed by atoms with E-state index in [1.807, 2.05) is 0 Å². The van der Waals surface area contributed by atoms with Crippen molar-refractivity contribution in [1.82, 2.24) is 10.2 Å². The Morgan fingerprint density at radius 2 is 1.80 bits per heavy atom. The van der Waals surface area contributed by atoms with Gasteiger partial charge in [-0.05, 0) is 35.2 Å². The van der Waals surface area contributed by atoms with Crippen LogP contribution in [0.5, 0.6) is 0 Å². The van der Waals surface area contributed by atoms with Crippen LogP contribution in [0.2, 0.25) is 0 Å². The maximum atomic E-state index is 11.6. The van der Waals surface area contributed by atoms with Gasteiger partial charge in [-0.1, -0.05) is 36.4 Å². The van der Waals surface area contributed by atoms with E-state index in [9.17, 15) is 4.79 Å². The average Bonchev–Trinajstić information content (AvgIpc) is 2.64. The molecule has 25 heavy (non-hydrogen) atoms. The van der Waals surface area contributed by atoms with Gasteiger partial charge in [0, 0.05) is 45.5 Å². The number of fused-ring (bicyclic) bond motifs is 1. The Morgan fingerprint density at radius 3 is 2.52 bits per heavy atom. The predicted molar refractivity (Wildman–Crippen MR) is 100 cm³/mol. The van der Waals surface area contributed by atoms with Crippen molar-refractivity contribution in [2.75, 3.05) is 31.6 Å². The largest absolute Gasteiger partial charge is 0.367 e. The summed E-state index contributed by atoms with van der Waals surface area (Å²) >= 11 is 0. The van der Waals surface area contributed by atoms with Crippen molar-refractivity contribution >= 4 is 11.6 Å². The van der Waals surface area contributed by atoms with Gasteiger partial charge >= 0.3 is 0 Å². The average molecular weight is 335 g/mol. The van der Waals surface area contributed by atoms with E-state index in [-0.39, 0.29) is 11.8 Å². The van der Waals surface area contributed by atoms with Crippen LogP contribution in [-0.2, 0) is 24.3 Å². The number of anilines is 1. The summed E-state index contributed by atoms with van der Waals surface area (Å²) in [4.78, 5) is 16.3. The molecule has 0 atom stereocenters. The zero-order chi connectivity index (χ0) is 17.2. The lowest BCUT2D eigenvalue weighted by Gasteiger charge is -2.38. The molecule has 0 unspecified atom stereocenters. The van der Waals surface area contributed by atoms with Crippen LogP contribution < -0.4 is 10.2 Å². The number of rotatable bonds is 4. The molecule has 0 spiro atoms. The molecule has 0 radical (unpaired) electrons. The minimum absolute atomic E-state index is 0.164. The summed E-state index contributed by atoms with van der Waals surface area (Å²) in [5.74, 6) is 0.328. The Hall–Kier alpha value is -2.33. The third-order valence-corrected chi connectivity index (χ3v) is 5.41. The number of carbonyl (C=O) groups excluding carboxylic acids is 1. The van der Waals surface area contributed by atoms with E-state index in [2.05, 4.69) is 63.6 Å². The Balaban J connectivity index is 1.35. The first-order valence-corrected chi connectivity index (χ1v) is 9.07. The molecule has 0 aliphatic carbocycles. The molecular weight excluding hydrogens is 310 g/mol. The van der Waals surface area contributed by atoms with Crippen LogP contribution in [0.3, 0.4) is 0 Å². The smallest absolute Gasteiger partial charge is 0.225 e. The molecule has 130 valence electrons. The van der Waals surface area contributed by atoms with E-state index >= 15 is 0 Å². The number of hydrogen-bond acceptors (Lipinski definition) is 3. The highest BCUT2D eigenvalue weighted by molar-refractivity contribution is 5.79. The number of likely N-dealkylation sites (tertiary alicyclic amines) is 1. The van der Waals surface area contributed by atoms with Crippen molar-refractivity contribution in [2.45, 2.75) is 19.5 Å². The molecule has 1 saturated heterocycles. The number of amides is 1. The van der Waals surface area contributed by atoms with E-state index in [4.69, 9.17) is 0 Å². The van der Waals surface area contributed by atoms with E-state index in [0.29, 0.717) is 0 Å². The van der Waals surface area contributed by atoms with Crippen molar-refractivity contribution in [3.8, 4) is 0 Å². The van der Waals surface area contributed by atoms with Crippen LogP contribution in [0.4, 0.5) is 5.69 Å². The van der Waals surface area contributed by atoms with Crippen LogP contribution in [0.25, 0.3) is 0 Å². The van der Waals surface area contributed by atoms with Crippen molar-refractivity contribution in [2.24, 2.45) is 5.92 Å². The van der Waals surface area contributed by atoms with Crippen LogP contribution >= 0.6 is 0 Å². The zero-order valence-electron chi connectivity index (χ0n) is 14.7. The fourth-order valence-corrected chi connectivity index (χ4v) is 3.86. The standard InChI is InChI=1S/C21H25N3O/c1-22-21(25)19-13-23(14-19)12-16-6-8-20(9-7-16)24-11-10-17-4-2-3-5-18(17)15-24/h2-9,19H,10-15H2,1H3,(H,22,25). The molecule has 2 heterocycles. The first-order chi connectivity index (χ1) is 12.2. The Labute approximate surface area is 149 Å². The third-order valence-electron chi connectivity index (χ3n) is 5.41. The molecule has 2 aliphatic rings. The SMILES string of the molecule is CNC(=O)C1CN(Cc2ccc(N3CCc4ccccc4C3)cc2)C1. The second-order valence-electron chi connectivity index (χ2n) is 7.11. The molecule has 1 N–H and O–H groups in total. The normalized spacial score (nSPS) is 17.7. The molecule has 0 bridgehead atoms. The molecular formula is C21H25N3O. The van der Waals surface area contributed by atoms with Gasteiger partial charge in [-0.3, -0.25) is 9.69 Å². The topological polar surface area (TPSA) is 35.6 Å². The third kappa shape index (κ3) is 3.40. The number of nitrogens with zero attached hydrogens (tertiary/aromatic N) is 2. The minimum Gasteiger partial charge on any atom is -0.367 e. The second kappa shape index (κ2) is 6.89. The lowest BCUT2D eigenvalue weighted by Crippen LogP contribution is -2.52. The number of carbonyl (C=O) groups is 1. The van der Waals surface area contributed by atoms with Gasteiger partial charge in [-0.25, -0.2) is 0 Å². The van der Waals surface area contributed by atoms with E-state index in [1.165, 1.54) is 22.4 Å². The van der Waals surface area contributed by atoms with Gasteiger partial charge in [-0.2, -0.15) is 0 Å². The summed E-state index contributed by atoms with van der Waals surface area (Å²) < 4.78 is 0. The van der Waals surface area contributed by atoms with Gasteiger partial charge in [0.25, 0.3) is 0 Å². The van der Waals surface area contributed by atoms with Gasteiger partial charge in [0.15, 0.2) is 0 Å².